The minimum absolute atomic E-state index is 0.206. The van der Waals surface area contributed by atoms with Crippen LogP contribution in [-0.2, 0) is 5.41 Å². The number of nitrogens with zero attached hydrogens (tertiary/aromatic N) is 2. The molecular weight excluding hydrogens is 520 g/mol. The molecule has 4 heteroatoms. The van der Waals surface area contributed by atoms with Crippen LogP contribution in [0.1, 0.15) is 25.0 Å². The lowest BCUT2D eigenvalue weighted by molar-refractivity contribution is 0.424. The van der Waals surface area contributed by atoms with E-state index in [2.05, 4.69) is 98.8 Å². The summed E-state index contributed by atoms with van der Waals surface area (Å²) >= 11 is 1.81. The van der Waals surface area contributed by atoms with Gasteiger partial charge in [0.2, 0.25) is 0 Å². The SMILES string of the molecule is CC1(C)c2ccc(-c3cc(-c4ccccc4)nc(-c4ccccc4)n3)cc2Oc2c1ccc1c2sc2ccccc21. The molecule has 8 rings (SSSR count). The lowest BCUT2D eigenvalue weighted by Crippen LogP contribution is -2.24. The molecule has 1 aliphatic rings. The summed E-state index contributed by atoms with van der Waals surface area (Å²) in [5.41, 5.74) is 7.00. The van der Waals surface area contributed by atoms with Gasteiger partial charge in [-0.05, 0) is 18.2 Å². The van der Waals surface area contributed by atoms with Crippen molar-refractivity contribution in [2.45, 2.75) is 19.3 Å². The van der Waals surface area contributed by atoms with Crippen LogP contribution in [0.3, 0.4) is 0 Å². The molecule has 41 heavy (non-hydrogen) atoms. The van der Waals surface area contributed by atoms with E-state index in [0.717, 1.165) is 39.6 Å². The van der Waals surface area contributed by atoms with Crippen LogP contribution in [0.5, 0.6) is 11.5 Å². The first-order chi connectivity index (χ1) is 20.1. The van der Waals surface area contributed by atoms with Gasteiger partial charge in [-0.1, -0.05) is 117 Å². The number of benzene rings is 5. The molecule has 0 saturated heterocycles. The Labute approximate surface area is 242 Å². The predicted molar refractivity (Wildman–Crippen MR) is 170 cm³/mol. The van der Waals surface area contributed by atoms with Crippen molar-refractivity contribution in [1.29, 1.82) is 0 Å². The normalized spacial score (nSPS) is 13.5. The first-order valence-corrected chi connectivity index (χ1v) is 14.7. The molecule has 0 radical (unpaired) electrons. The van der Waals surface area contributed by atoms with Crippen molar-refractivity contribution in [2.24, 2.45) is 0 Å². The Morgan fingerprint density at radius 2 is 1.24 bits per heavy atom. The summed E-state index contributed by atoms with van der Waals surface area (Å²) in [5.74, 6) is 2.56. The summed E-state index contributed by atoms with van der Waals surface area (Å²) in [6, 6.07) is 42.2. The molecule has 196 valence electrons. The van der Waals surface area contributed by atoms with E-state index < -0.39 is 0 Å². The van der Waals surface area contributed by atoms with E-state index in [1.807, 2.05) is 36.4 Å². The third-order valence-electron chi connectivity index (χ3n) is 8.17. The Kier molecular flexibility index (Phi) is 5.34. The van der Waals surface area contributed by atoms with E-state index in [1.54, 1.807) is 11.3 Å². The number of fused-ring (bicyclic) bond motifs is 6. The molecule has 3 nitrogen and oxygen atoms in total. The van der Waals surface area contributed by atoms with Crippen molar-refractivity contribution < 1.29 is 4.74 Å². The number of thiophene rings is 1. The van der Waals surface area contributed by atoms with Crippen molar-refractivity contribution >= 4 is 31.5 Å². The number of ether oxygens (including phenoxy) is 1. The molecule has 1 aliphatic heterocycles. The molecule has 0 amide bonds. The van der Waals surface area contributed by atoms with Crippen LogP contribution in [-0.4, -0.2) is 9.97 Å². The van der Waals surface area contributed by atoms with Gasteiger partial charge in [0, 0.05) is 48.7 Å². The number of hydrogen-bond donors (Lipinski definition) is 0. The van der Waals surface area contributed by atoms with Crippen molar-refractivity contribution in [3.8, 4) is 45.4 Å². The van der Waals surface area contributed by atoms with Crippen LogP contribution < -0.4 is 4.74 Å². The van der Waals surface area contributed by atoms with Crippen LogP contribution >= 0.6 is 11.3 Å². The monoisotopic (exact) mass is 546 g/mol. The standard InChI is InChI=1S/C37H26N2OS/c1-37(2)28-19-17-25(21-32(28)40-34-29(37)20-18-27-26-15-9-10-16-33(26)41-35(27)34)31-22-30(23-11-5-3-6-12-23)38-36(39-31)24-13-7-4-8-14-24/h3-22H,1-2H3. The lowest BCUT2D eigenvalue weighted by Gasteiger charge is -2.35. The van der Waals surface area contributed by atoms with Crippen molar-refractivity contribution in [2.75, 3.05) is 0 Å². The van der Waals surface area contributed by atoms with Crippen LogP contribution in [0.4, 0.5) is 0 Å². The lowest BCUT2D eigenvalue weighted by atomic mass is 9.75. The van der Waals surface area contributed by atoms with Gasteiger partial charge in [-0.15, -0.1) is 11.3 Å². The number of aromatic nitrogens is 2. The highest BCUT2D eigenvalue weighted by Crippen LogP contribution is 2.53. The molecule has 7 aromatic rings. The summed E-state index contributed by atoms with van der Waals surface area (Å²) in [6.07, 6.45) is 0. The molecule has 0 atom stereocenters. The maximum Gasteiger partial charge on any atom is 0.160 e. The zero-order valence-corrected chi connectivity index (χ0v) is 23.6. The third kappa shape index (κ3) is 3.86. The highest BCUT2D eigenvalue weighted by Gasteiger charge is 2.36. The molecule has 0 fully saturated rings. The first-order valence-electron chi connectivity index (χ1n) is 13.8. The van der Waals surface area contributed by atoms with E-state index in [-0.39, 0.29) is 5.41 Å². The Bertz CT molecular complexity index is 2040. The van der Waals surface area contributed by atoms with Crippen molar-refractivity contribution in [1.82, 2.24) is 9.97 Å². The summed E-state index contributed by atoms with van der Waals surface area (Å²) in [4.78, 5) is 10.00. The average molecular weight is 547 g/mol. The fourth-order valence-corrected chi connectivity index (χ4v) is 7.15. The smallest absolute Gasteiger partial charge is 0.160 e. The van der Waals surface area contributed by atoms with Gasteiger partial charge in [0.15, 0.2) is 5.82 Å². The second kappa shape index (κ2) is 9.12. The second-order valence-corrected chi connectivity index (χ2v) is 12.1. The summed E-state index contributed by atoms with van der Waals surface area (Å²) < 4.78 is 9.29. The minimum atomic E-state index is -0.206. The van der Waals surface area contributed by atoms with E-state index in [1.165, 1.54) is 31.3 Å². The van der Waals surface area contributed by atoms with E-state index in [0.29, 0.717) is 5.82 Å². The number of rotatable bonds is 3. The molecule has 0 aliphatic carbocycles. The molecule has 2 aromatic heterocycles. The van der Waals surface area contributed by atoms with Gasteiger partial charge in [0.05, 0.1) is 16.1 Å². The Morgan fingerprint density at radius 3 is 2.02 bits per heavy atom. The highest BCUT2D eigenvalue weighted by molar-refractivity contribution is 7.26. The van der Waals surface area contributed by atoms with Crippen LogP contribution in [0, 0.1) is 0 Å². The summed E-state index contributed by atoms with van der Waals surface area (Å²) in [7, 11) is 0. The van der Waals surface area contributed by atoms with E-state index in [4.69, 9.17) is 14.7 Å². The summed E-state index contributed by atoms with van der Waals surface area (Å²) in [6.45, 7) is 4.58. The van der Waals surface area contributed by atoms with Gasteiger partial charge in [-0.3, -0.25) is 0 Å². The topological polar surface area (TPSA) is 35.0 Å². The Hall–Kier alpha value is -4.80. The van der Waals surface area contributed by atoms with E-state index in [9.17, 15) is 0 Å². The van der Waals surface area contributed by atoms with Crippen LogP contribution in [0.15, 0.2) is 121 Å². The highest BCUT2D eigenvalue weighted by atomic mass is 32.1. The largest absolute Gasteiger partial charge is 0.455 e. The minimum Gasteiger partial charge on any atom is -0.455 e. The molecule has 0 bridgehead atoms. The summed E-state index contributed by atoms with van der Waals surface area (Å²) in [5, 5.41) is 2.52. The fourth-order valence-electron chi connectivity index (χ4n) is 5.96. The average Bonchev–Trinajstić information content (AvgIpc) is 3.41. The van der Waals surface area contributed by atoms with Gasteiger partial charge in [0.25, 0.3) is 0 Å². The van der Waals surface area contributed by atoms with Gasteiger partial charge < -0.3 is 4.74 Å². The molecule has 5 aromatic carbocycles. The molecule has 3 heterocycles. The van der Waals surface area contributed by atoms with Crippen molar-refractivity contribution in [3.63, 3.8) is 0 Å². The van der Waals surface area contributed by atoms with Gasteiger partial charge >= 0.3 is 0 Å². The Morgan fingerprint density at radius 1 is 0.585 bits per heavy atom. The maximum atomic E-state index is 6.81. The van der Waals surface area contributed by atoms with Crippen molar-refractivity contribution in [3.05, 3.63) is 132 Å². The zero-order chi connectivity index (χ0) is 27.6. The number of hydrogen-bond acceptors (Lipinski definition) is 4. The van der Waals surface area contributed by atoms with Gasteiger partial charge in [-0.2, -0.15) is 0 Å². The van der Waals surface area contributed by atoms with Gasteiger partial charge in [-0.25, -0.2) is 9.97 Å². The van der Waals surface area contributed by atoms with Crippen LogP contribution in [0.2, 0.25) is 0 Å². The molecule has 0 unspecified atom stereocenters. The second-order valence-electron chi connectivity index (χ2n) is 11.0. The molecule has 0 N–H and O–H groups in total. The molecule has 0 saturated carbocycles. The van der Waals surface area contributed by atoms with E-state index >= 15 is 0 Å². The van der Waals surface area contributed by atoms with Gasteiger partial charge in [0.1, 0.15) is 11.5 Å². The fraction of sp³-hybridized carbons (Fsp3) is 0.0811. The zero-order valence-electron chi connectivity index (χ0n) is 22.8. The third-order valence-corrected chi connectivity index (χ3v) is 9.35. The maximum absolute atomic E-state index is 6.81. The first kappa shape index (κ1) is 24.0. The molecular formula is C37H26N2OS. The quantitative estimate of drug-likeness (QED) is 0.221. The predicted octanol–water partition coefficient (Wildman–Crippen LogP) is 10.3. The van der Waals surface area contributed by atoms with Crippen LogP contribution in [0.25, 0.3) is 54.1 Å². The Balaban J connectivity index is 1.30. The molecule has 0 spiro atoms.